The van der Waals surface area contributed by atoms with Gasteiger partial charge in [-0.1, -0.05) is 0 Å². The number of nitrogens with zero attached hydrogens (tertiary/aromatic N) is 1. The zero-order chi connectivity index (χ0) is 3.54. The van der Waals surface area contributed by atoms with Crippen LogP contribution in [0.1, 0.15) is 0 Å². The van der Waals surface area contributed by atoms with Crippen LogP contribution in [0.2, 0.25) is 4.37 Å². The molecule has 5 heavy (non-hydrogen) atoms. The molecule has 0 saturated carbocycles. The van der Waals surface area contributed by atoms with Crippen molar-refractivity contribution in [3.05, 3.63) is 0 Å². The van der Waals surface area contributed by atoms with E-state index in [0.29, 0.717) is 0 Å². The van der Waals surface area contributed by atoms with Crippen molar-refractivity contribution in [1.82, 2.24) is 0 Å². The van der Waals surface area contributed by atoms with E-state index in [9.17, 15) is 0 Å². The Kier molecular flexibility index (Phi) is 1.25. The van der Waals surface area contributed by atoms with Crippen molar-refractivity contribution in [3.63, 3.8) is 0 Å². The Morgan fingerprint density at radius 3 is 3.00 bits per heavy atom. The monoisotopic (exact) mass is 175 g/mol. The van der Waals surface area contributed by atoms with Crippen molar-refractivity contribution >= 4 is 24.9 Å². The van der Waals surface area contributed by atoms with Crippen molar-refractivity contribution in [2.75, 3.05) is 6.54 Å². The molecule has 1 heterocycles. The molecule has 0 fully saturated rings. The molecule has 1 nitrogen and oxygen atoms in total. The van der Waals surface area contributed by atoms with Gasteiger partial charge in [0.2, 0.25) is 0 Å². The molecule has 0 N–H and O–H groups in total. The Morgan fingerprint density at radius 2 is 2.80 bits per heavy atom. The minimum absolute atomic E-state index is 0.0500. The summed E-state index contributed by atoms with van der Waals surface area (Å²) in [5.74, 6) is 0. The second-order valence-corrected chi connectivity index (χ2v) is 3.61. The molecule has 0 atom stereocenters. The van der Waals surface area contributed by atoms with Gasteiger partial charge >= 0.3 is 40.8 Å². The fourth-order valence-electron chi connectivity index (χ4n) is 0.250. The van der Waals surface area contributed by atoms with E-state index in [1.54, 1.807) is 0 Å². The zero-order valence-electron chi connectivity index (χ0n) is 2.81. The second-order valence-electron chi connectivity index (χ2n) is 0.863. The Balaban J connectivity index is 2.64. The van der Waals surface area contributed by atoms with E-state index in [4.69, 9.17) is 0 Å². The van der Waals surface area contributed by atoms with Crippen LogP contribution in [-0.2, 0) is 0 Å². The molecule has 1 aliphatic rings. The SMILES string of the molecule is [C]1=NC[CH2][Sb]=1. The van der Waals surface area contributed by atoms with Crippen molar-refractivity contribution in [1.29, 1.82) is 0 Å². The predicted molar refractivity (Wildman–Crippen MR) is 22.9 cm³/mol. The van der Waals surface area contributed by atoms with E-state index in [0.717, 1.165) is 6.54 Å². The summed E-state index contributed by atoms with van der Waals surface area (Å²) in [4.78, 5) is 3.90. The van der Waals surface area contributed by atoms with E-state index in [1.807, 2.05) is 0 Å². The summed E-state index contributed by atoms with van der Waals surface area (Å²) in [6.07, 6.45) is 0. The van der Waals surface area contributed by atoms with Crippen molar-refractivity contribution in [2.45, 2.75) is 4.37 Å². The van der Waals surface area contributed by atoms with E-state index < -0.39 is 0 Å². The Morgan fingerprint density at radius 1 is 1.80 bits per heavy atom. The quantitative estimate of drug-likeness (QED) is 0.461. The van der Waals surface area contributed by atoms with Gasteiger partial charge in [-0.2, -0.15) is 0 Å². The van der Waals surface area contributed by atoms with Gasteiger partial charge in [0.05, 0.1) is 0 Å². The molecule has 2 heteroatoms. The van der Waals surface area contributed by atoms with E-state index in [2.05, 4.69) is 8.74 Å². The molecule has 0 saturated heterocycles. The number of rotatable bonds is 0. The van der Waals surface area contributed by atoms with Gasteiger partial charge in [-0.25, -0.2) is 0 Å². The zero-order valence-corrected chi connectivity index (χ0v) is 5.36. The van der Waals surface area contributed by atoms with Gasteiger partial charge in [-0.3, -0.25) is 0 Å². The van der Waals surface area contributed by atoms with Gasteiger partial charge in [0.15, 0.2) is 0 Å². The molecule has 0 aliphatic carbocycles. The van der Waals surface area contributed by atoms with Gasteiger partial charge in [0, 0.05) is 0 Å². The summed E-state index contributed by atoms with van der Waals surface area (Å²) in [6.45, 7) is 1.08. The van der Waals surface area contributed by atoms with Crippen LogP contribution in [0.25, 0.3) is 0 Å². The van der Waals surface area contributed by atoms with E-state index in [-0.39, 0.29) is 21.1 Å². The summed E-state index contributed by atoms with van der Waals surface area (Å²) >= 11 is 0.0500. The molecule has 0 aromatic carbocycles. The standard InChI is InChI=1S/C3H4N.Sb/c1-3-4-2;/h1,3H2;. The fourth-order valence-corrected chi connectivity index (χ4v) is 1.68. The van der Waals surface area contributed by atoms with Crippen LogP contribution in [-0.4, -0.2) is 31.4 Å². The van der Waals surface area contributed by atoms with E-state index >= 15 is 0 Å². The molecule has 0 amide bonds. The normalized spacial score (nSPS) is 17.6. The summed E-state index contributed by atoms with van der Waals surface area (Å²) in [5.41, 5.74) is 0. The molecule has 0 radical (unpaired) electrons. The topological polar surface area (TPSA) is 12.4 Å². The Labute approximate surface area is 41.1 Å². The van der Waals surface area contributed by atoms with Crippen molar-refractivity contribution in [2.24, 2.45) is 4.99 Å². The van der Waals surface area contributed by atoms with Gasteiger partial charge in [0.1, 0.15) is 0 Å². The average Bonchev–Trinajstić information content (AvgIpc) is 1.76. The van der Waals surface area contributed by atoms with Crippen LogP contribution in [0.5, 0.6) is 0 Å². The van der Waals surface area contributed by atoms with Crippen LogP contribution in [0.15, 0.2) is 4.99 Å². The third-order valence-electron chi connectivity index (χ3n) is 0.465. The molecule has 0 unspecified atom stereocenters. The first kappa shape index (κ1) is 3.58. The van der Waals surface area contributed by atoms with Crippen molar-refractivity contribution < 1.29 is 0 Å². The predicted octanol–water partition coefficient (Wildman–Crippen LogP) is 0.0278. The van der Waals surface area contributed by atoms with E-state index in [1.165, 1.54) is 4.37 Å². The van der Waals surface area contributed by atoms with Gasteiger partial charge < -0.3 is 0 Å². The fraction of sp³-hybridized carbons (Fsp3) is 0.667. The van der Waals surface area contributed by atoms with Crippen LogP contribution in [0.4, 0.5) is 0 Å². The molecule has 0 aromatic heterocycles. The third kappa shape index (κ3) is 0.868. The molecule has 0 spiro atoms. The average molecular weight is 176 g/mol. The summed E-state index contributed by atoms with van der Waals surface area (Å²) < 4.78 is 4.37. The van der Waals surface area contributed by atoms with Crippen molar-refractivity contribution in [3.8, 4) is 0 Å². The second kappa shape index (κ2) is 1.74. The van der Waals surface area contributed by atoms with Crippen LogP contribution in [0, 0.1) is 0 Å². The van der Waals surface area contributed by atoms with Gasteiger partial charge in [0.25, 0.3) is 0 Å². The molecule has 0 aromatic rings. The van der Waals surface area contributed by atoms with Crippen LogP contribution in [0.3, 0.4) is 0 Å². The number of hydrogen-bond donors (Lipinski definition) is 0. The summed E-state index contributed by atoms with van der Waals surface area (Å²) in [6, 6.07) is 0. The first-order valence-electron chi connectivity index (χ1n) is 1.58. The molecule has 1 rings (SSSR count). The maximum absolute atomic E-state index is 3.90. The van der Waals surface area contributed by atoms with Gasteiger partial charge in [-0.15, -0.1) is 0 Å². The molecular formula is C3H4NSb. The van der Waals surface area contributed by atoms with Gasteiger partial charge in [-0.05, 0) is 0 Å². The van der Waals surface area contributed by atoms with Crippen LogP contribution >= 0.6 is 0 Å². The Bertz CT molecular complexity index is 72.9. The number of aliphatic imine (C=N–C) groups is 1. The number of hydrogen-bond acceptors (Lipinski definition) is 1. The Hall–Kier alpha value is 0.398. The minimum atomic E-state index is 0.0500. The third-order valence-corrected chi connectivity index (χ3v) is 2.48. The van der Waals surface area contributed by atoms with Crippen LogP contribution < -0.4 is 0 Å². The molecule has 26 valence electrons. The first-order valence-corrected chi connectivity index (χ1v) is 4.66. The molecule has 1 aliphatic heterocycles. The summed E-state index contributed by atoms with van der Waals surface area (Å²) in [7, 11) is 0. The molecule has 0 bridgehead atoms. The maximum atomic E-state index is 3.90. The molecular weight excluding hydrogens is 172 g/mol. The summed E-state index contributed by atoms with van der Waals surface area (Å²) in [5, 5.41) is 0. The first-order chi connectivity index (χ1) is 2.50.